The third-order valence-corrected chi connectivity index (χ3v) is 4.88. The lowest BCUT2D eigenvalue weighted by Gasteiger charge is -2.11. The maximum absolute atomic E-state index is 10.1. The maximum Gasteiger partial charge on any atom is 0.146 e. The fourth-order valence-corrected chi connectivity index (χ4v) is 3.32. The van der Waals surface area contributed by atoms with E-state index in [-0.39, 0.29) is 0 Å². The van der Waals surface area contributed by atoms with Crippen LogP contribution in [0.3, 0.4) is 0 Å². The number of aliphatic hydroxyl groups is 1. The summed E-state index contributed by atoms with van der Waals surface area (Å²) >= 11 is 0.803. The number of rotatable bonds is 3. The summed E-state index contributed by atoms with van der Waals surface area (Å²) in [7, 11) is 3.70. The van der Waals surface area contributed by atoms with Crippen molar-refractivity contribution in [3.63, 3.8) is 0 Å². The summed E-state index contributed by atoms with van der Waals surface area (Å²) in [6.07, 6.45) is 0. The zero-order valence-electron chi connectivity index (χ0n) is 13.8. The zero-order chi connectivity index (χ0) is 16.9. The number of thiol groups is 1. The van der Waals surface area contributed by atoms with Crippen molar-refractivity contribution in [2.24, 2.45) is 0 Å². The van der Waals surface area contributed by atoms with Gasteiger partial charge >= 0.3 is 0 Å². The van der Waals surface area contributed by atoms with E-state index in [0.29, 0.717) is 5.17 Å². The maximum atomic E-state index is 10.1. The molecule has 0 saturated heterocycles. The molecule has 0 amide bonds. The quantitative estimate of drug-likeness (QED) is 0.517. The van der Waals surface area contributed by atoms with Crippen LogP contribution in [0.4, 0.5) is 0 Å². The molecule has 0 saturated carbocycles. The molecule has 0 spiro atoms. The van der Waals surface area contributed by atoms with Crippen molar-refractivity contribution in [1.29, 1.82) is 0 Å². The lowest BCUT2D eigenvalue weighted by molar-refractivity contribution is 0.442. The predicted molar refractivity (Wildman–Crippen MR) is 106 cm³/mol. The molecule has 0 atom stereocenters. The van der Waals surface area contributed by atoms with Crippen LogP contribution in [-0.2, 0) is 0 Å². The van der Waals surface area contributed by atoms with E-state index in [2.05, 4.69) is 42.5 Å². The minimum atomic E-state index is 0.333. The Hall–Kier alpha value is -2.20. The Balaban J connectivity index is 2.15. The second-order valence-corrected chi connectivity index (χ2v) is 6.95. The van der Waals surface area contributed by atoms with Crippen molar-refractivity contribution < 1.29 is 5.11 Å². The van der Waals surface area contributed by atoms with E-state index in [4.69, 9.17) is 0 Å². The highest BCUT2D eigenvalue weighted by Gasteiger charge is 2.05. The smallest absolute Gasteiger partial charge is 0.146 e. The number of hydrogen-bond acceptors (Lipinski definition) is 0. The van der Waals surface area contributed by atoms with Crippen molar-refractivity contribution in [2.75, 3.05) is 14.1 Å². The lowest BCUT2D eigenvalue weighted by Crippen LogP contribution is -2.19. The Labute approximate surface area is 147 Å². The second kappa shape index (κ2) is 7.58. The van der Waals surface area contributed by atoms with Crippen LogP contribution in [-0.4, -0.2) is 29.3 Å². The van der Waals surface area contributed by atoms with Gasteiger partial charge in [0.25, 0.3) is 0 Å². The Morgan fingerprint density at radius 1 is 0.708 bits per heavy atom. The first-order chi connectivity index (χ1) is 11.6. The van der Waals surface area contributed by atoms with Gasteiger partial charge in [-0.2, -0.15) is 0 Å². The minimum absolute atomic E-state index is 0.333. The molecule has 0 fully saturated rings. The Morgan fingerprint density at radius 2 is 1.17 bits per heavy atom. The summed E-state index contributed by atoms with van der Waals surface area (Å²) < 4.78 is 0. The molecular weight excluding hydrogens is 314 g/mol. The van der Waals surface area contributed by atoms with Gasteiger partial charge in [0.15, 0.2) is 0 Å². The molecule has 0 aliphatic heterocycles. The second-order valence-electron chi connectivity index (χ2n) is 5.81. The molecule has 0 aliphatic rings. The van der Waals surface area contributed by atoms with Crippen LogP contribution in [0.5, 0.6) is 0 Å². The highest BCUT2D eigenvalue weighted by Crippen LogP contribution is 2.30. The third kappa shape index (κ3) is 4.01. The Kier molecular flexibility index (Phi) is 5.26. The molecular formula is C21H21NOS. The largest absolute Gasteiger partial charge is 0.346 e. The molecule has 1 N–H and O–H groups in total. The summed E-state index contributed by atoms with van der Waals surface area (Å²) in [5.74, 6) is 0. The van der Waals surface area contributed by atoms with Gasteiger partial charge < -0.3 is 5.11 Å². The molecule has 0 radical (unpaired) electrons. The summed E-state index contributed by atoms with van der Waals surface area (Å²) in [4.78, 5) is 2.81. The number of aliphatic hydroxyl groups excluding tert-OH is 1. The number of hydrogen-bond donors (Lipinski definition) is 2. The predicted octanol–water partition coefficient (Wildman–Crippen LogP) is 5.05. The van der Waals surface area contributed by atoms with Crippen molar-refractivity contribution in [1.82, 2.24) is 4.90 Å². The number of nitrogens with zero attached hydrogens (tertiary/aromatic N) is 1. The zero-order valence-corrected chi connectivity index (χ0v) is 14.7. The highest BCUT2D eigenvalue weighted by atomic mass is 32.1. The monoisotopic (exact) mass is 335 g/mol. The lowest BCUT2D eigenvalue weighted by atomic mass is 9.99. The number of benzene rings is 3. The summed E-state index contributed by atoms with van der Waals surface area (Å²) in [5, 5.41) is 10.5. The molecule has 0 aliphatic carbocycles. The van der Waals surface area contributed by atoms with E-state index in [9.17, 15) is 5.11 Å². The van der Waals surface area contributed by atoms with Gasteiger partial charge in [-0.1, -0.05) is 60.7 Å². The van der Waals surface area contributed by atoms with E-state index < -0.39 is 0 Å². The standard InChI is InChI=1S/C21H21NOS/c1-22(2)21(23)24-20-14-18(16-9-5-3-6-10-16)13-19(15-20)17-11-7-4-8-12-17/h3-15,23-24H,1-2H3. The van der Waals surface area contributed by atoms with Gasteiger partial charge in [0, 0.05) is 4.90 Å². The molecule has 0 aromatic heterocycles. The third-order valence-electron chi connectivity index (χ3n) is 3.76. The molecule has 3 aromatic rings. The molecule has 24 heavy (non-hydrogen) atoms. The van der Waals surface area contributed by atoms with Gasteiger partial charge in [0.2, 0.25) is 0 Å². The van der Waals surface area contributed by atoms with Gasteiger partial charge in [-0.15, -0.1) is 11.4 Å². The highest BCUT2D eigenvalue weighted by molar-refractivity contribution is 7.98. The molecule has 0 unspecified atom stereocenters. The molecule has 0 bridgehead atoms. The molecule has 2 nitrogen and oxygen atoms in total. The van der Waals surface area contributed by atoms with Crippen molar-refractivity contribution in [3.8, 4) is 22.3 Å². The Morgan fingerprint density at radius 3 is 1.58 bits per heavy atom. The molecule has 122 valence electrons. The Bertz CT molecular complexity index is 784. The summed E-state index contributed by atoms with van der Waals surface area (Å²) in [6.45, 7) is 0. The molecule has 3 rings (SSSR count). The fourth-order valence-electron chi connectivity index (χ4n) is 2.49. The van der Waals surface area contributed by atoms with E-state index in [1.807, 2.05) is 50.5 Å². The van der Waals surface area contributed by atoms with Crippen LogP contribution < -0.4 is 0 Å². The van der Waals surface area contributed by atoms with Crippen molar-refractivity contribution in [3.05, 3.63) is 78.9 Å². The SMILES string of the molecule is CN(C)C(O)=[SH]c1cc(-c2ccccc2)cc(-c2ccccc2)c1. The first-order valence-corrected chi connectivity index (χ1v) is 8.74. The average molecular weight is 335 g/mol. The van der Waals surface area contributed by atoms with Crippen LogP contribution >= 0.6 is 11.4 Å². The van der Waals surface area contributed by atoms with Gasteiger partial charge in [0.05, 0.1) is 0 Å². The van der Waals surface area contributed by atoms with Crippen LogP contribution in [0.25, 0.3) is 22.3 Å². The van der Waals surface area contributed by atoms with Gasteiger partial charge in [0.1, 0.15) is 5.17 Å². The summed E-state index contributed by atoms with van der Waals surface area (Å²) in [6, 6.07) is 27.2. The average Bonchev–Trinajstić information content (AvgIpc) is 2.63. The normalized spacial score (nSPS) is 12.1. The van der Waals surface area contributed by atoms with Gasteiger partial charge in [-0.25, -0.2) is 0 Å². The van der Waals surface area contributed by atoms with E-state index in [0.717, 1.165) is 27.4 Å². The molecule has 0 heterocycles. The molecule has 3 heteroatoms. The minimum Gasteiger partial charge on any atom is -0.346 e. The van der Waals surface area contributed by atoms with Gasteiger partial charge in [-0.05, 0) is 54.5 Å². The fraction of sp³-hybridized carbons (Fsp3) is 0.0952. The van der Waals surface area contributed by atoms with E-state index in [1.165, 1.54) is 11.1 Å². The van der Waals surface area contributed by atoms with Crippen LogP contribution in [0.1, 0.15) is 0 Å². The van der Waals surface area contributed by atoms with Crippen molar-refractivity contribution in [2.45, 2.75) is 4.90 Å². The van der Waals surface area contributed by atoms with Crippen LogP contribution in [0.15, 0.2) is 83.8 Å². The topological polar surface area (TPSA) is 23.5 Å². The first-order valence-electron chi connectivity index (χ1n) is 7.84. The summed E-state index contributed by atoms with van der Waals surface area (Å²) in [5.41, 5.74) is 4.67. The van der Waals surface area contributed by atoms with Crippen LogP contribution in [0.2, 0.25) is 0 Å². The molecule has 3 aromatic carbocycles. The van der Waals surface area contributed by atoms with Crippen molar-refractivity contribution >= 4 is 16.5 Å². The van der Waals surface area contributed by atoms with Crippen LogP contribution in [0, 0.1) is 0 Å². The van der Waals surface area contributed by atoms with E-state index >= 15 is 0 Å². The van der Waals surface area contributed by atoms with E-state index in [1.54, 1.807) is 4.90 Å². The first kappa shape index (κ1) is 16.7. The van der Waals surface area contributed by atoms with Gasteiger partial charge in [-0.3, -0.25) is 4.90 Å².